The van der Waals surface area contributed by atoms with Crippen molar-refractivity contribution in [3.8, 4) is 11.5 Å². The van der Waals surface area contributed by atoms with Crippen LogP contribution in [0.15, 0.2) is 41.7 Å². The van der Waals surface area contributed by atoms with E-state index < -0.39 is 0 Å². The van der Waals surface area contributed by atoms with Gasteiger partial charge in [-0.3, -0.25) is 4.79 Å². The van der Waals surface area contributed by atoms with Crippen LogP contribution < -0.4 is 9.47 Å². The summed E-state index contributed by atoms with van der Waals surface area (Å²) in [7, 11) is 3.10. The number of aromatic nitrogens is 3. The Bertz CT molecular complexity index is 814. The maximum absolute atomic E-state index is 12.3. The molecule has 118 valence electrons. The van der Waals surface area contributed by atoms with Crippen molar-refractivity contribution in [2.45, 2.75) is 5.16 Å². The fraction of sp³-hybridized carbons (Fsp3) is 0.188. The number of methoxy groups -OCH3 is 2. The van der Waals surface area contributed by atoms with Gasteiger partial charge in [-0.1, -0.05) is 11.8 Å². The van der Waals surface area contributed by atoms with Gasteiger partial charge in [-0.05, 0) is 30.3 Å². The topological polar surface area (TPSA) is 77.1 Å². The van der Waals surface area contributed by atoms with Crippen LogP contribution in [-0.4, -0.2) is 40.7 Å². The number of pyridine rings is 1. The molecule has 0 fully saturated rings. The Morgan fingerprint density at radius 2 is 2.04 bits per heavy atom. The lowest BCUT2D eigenvalue weighted by atomic mass is 10.1. The zero-order valence-electron chi connectivity index (χ0n) is 12.7. The summed E-state index contributed by atoms with van der Waals surface area (Å²) >= 11 is 1.34. The summed E-state index contributed by atoms with van der Waals surface area (Å²) in [6, 6.07) is 8.87. The van der Waals surface area contributed by atoms with Crippen LogP contribution >= 0.6 is 11.8 Å². The molecule has 0 saturated heterocycles. The summed E-state index contributed by atoms with van der Waals surface area (Å²) < 4.78 is 10.4. The van der Waals surface area contributed by atoms with E-state index in [2.05, 4.69) is 15.0 Å². The minimum atomic E-state index is -0.00984. The monoisotopic (exact) mass is 329 g/mol. The average Bonchev–Trinajstić information content (AvgIpc) is 3.01. The van der Waals surface area contributed by atoms with Crippen LogP contribution in [0.1, 0.15) is 10.4 Å². The van der Waals surface area contributed by atoms with Gasteiger partial charge in [0.2, 0.25) is 0 Å². The van der Waals surface area contributed by atoms with Crippen molar-refractivity contribution in [2.24, 2.45) is 0 Å². The number of imidazole rings is 1. The molecular formula is C16H15N3O3S. The molecule has 3 rings (SSSR count). The Balaban J connectivity index is 1.71. The van der Waals surface area contributed by atoms with E-state index in [1.54, 1.807) is 38.6 Å². The highest BCUT2D eigenvalue weighted by Gasteiger charge is 2.12. The van der Waals surface area contributed by atoms with Crippen molar-refractivity contribution in [3.63, 3.8) is 0 Å². The molecule has 7 heteroatoms. The number of hydrogen-bond donors (Lipinski definition) is 1. The summed E-state index contributed by atoms with van der Waals surface area (Å²) in [5.74, 6) is 1.40. The minimum Gasteiger partial charge on any atom is -0.493 e. The second-order valence-corrected chi connectivity index (χ2v) is 5.66. The van der Waals surface area contributed by atoms with E-state index in [4.69, 9.17) is 9.47 Å². The van der Waals surface area contributed by atoms with Gasteiger partial charge in [0.05, 0.1) is 25.5 Å². The minimum absolute atomic E-state index is 0.00984. The first-order chi connectivity index (χ1) is 11.2. The van der Waals surface area contributed by atoms with Crippen LogP contribution in [0.2, 0.25) is 0 Å². The third kappa shape index (κ3) is 3.29. The largest absolute Gasteiger partial charge is 0.493 e. The SMILES string of the molecule is COc1ccc(C(=O)CSc2nc3ncccc3[nH]2)cc1OC. The van der Waals surface area contributed by atoms with Crippen LogP contribution in [0.5, 0.6) is 11.5 Å². The third-order valence-electron chi connectivity index (χ3n) is 3.28. The molecule has 2 aromatic heterocycles. The van der Waals surface area contributed by atoms with Crippen molar-refractivity contribution in [2.75, 3.05) is 20.0 Å². The van der Waals surface area contributed by atoms with Crippen molar-refractivity contribution in [3.05, 3.63) is 42.1 Å². The van der Waals surface area contributed by atoms with E-state index in [-0.39, 0.29) is 11.5 Å². The molecule has 23 heavy (non-hydrogen) atoms. The lowest BCUT2D eigenvalue weighted by Gasteiger charge is -2.08. The van der Waals surface area contributed by atoms with E-state index in [0.717, 1.165) is 5.52 Å². The summed E-state index contributed by atoms with van der Waals surface area (Å²) in [5, 5.41) is 0.674. The maximum Gasteiger partial charge on any atom is 0.178 e. The summed E-state index contributed by atoms with van der Waals surface area (Å²) in [6.07, 6.45) is 1.69. The number of nitrogens with one attached hydrogen (secondary N) is 1. The zero-order valence-corrected chi connectivity index (χ0v) is 13.5. The molecular weight excluding hydrogens is 314 g/mol. The van der Waals surface area contributed by atoms with E-state index in [1.807, 2.05) is 12.1 Å². The first kappa shape index (κ1) is 15.4. The quantitative estimate of drug-likeness (QED) is 0.553. The number of nitrogens with zero attached hydrogens (tertiary/aromatic N) is 2. The van der Waals surface area contributed by atoms with E-state index in [1.165, 1.54) is 11.8 Å². The molecule has 0 atom stereocenters. The number of hydrogen-bond acceptors (Lipinski definition) is 6. The molecule has 0 bridgehead atoms. The molecule has 1 N–H and O–H groups in total. The Kier molecular flexibility index (Phi) is 4.47. The van der Waals surface area contributed by atoms with Gasteiger partial charge >= 0.3 is 0 Å². The van der Waals surface area contributed by atoms with Crippen molar-refractivity contribution in [1.82, 2.24) is 15.0 Å². The van der Waals surface area contributed by atoms with Gasteiger partial charge in [0.15, 0.2) is 28.1 Å². The van der Waals surface area contributed by atoms with Crippen molar-refractivity contribution >= 4 is 28.7 Å². The molecule has 0 radical (unpaired) electrons. The predicted octanol–water partition coefficient (Wildman–Crippen LogP) is 2.95. The highest BCUT2D eigenvalue weighted by molar-refractivity contribution is 7.99. The van der Waals surface area contributed by atoms with Crippen molar-refractivity contribution in [1.29, 1.82) is 0 Å². The van der Waals surface area contributed by atoms with E-state index >= 15 is 0 Å². The van der Waals surface area contributed by atoms with Crippen LogP contribution in [0.4, 0.5) is 0 Å². The summed E-state index contributed by atoms with van der Waals surface area (Å²) in [5.41, 5.74) is 2.08. The maximum atomic E-state index is 12.3. The van der Waals surface area contributed by atoms with Gasteiger partial charge < -0.3 is 14.5 Å². The second kappa shape index (κ2) is 6.70. The Labute approximate surface area is 137 Å². The predicted molar refractivity (Wildman–Crippen MR) is 88.5 cm³/mol. The van der Waals surface area contributed by atoms with E-state index in [0.29, 0.717) is 27.9 Å². The number of aromatic amines is 1. The highest BCUT2D eigenvalue weighted by Crippen LogP contribution is 2.28. The van der Waals surface area contributed by atoms with Gasteiger partial charge in [-0.25, -0.2) is 9.97 Å². The fourth-order valence-electron chi connectivity index (χ4n) is 2.12. The molecule has 3 aromatic rings. The standard InChI is InChI=1S/C16H15N3O3S/c1-21-13-6-5-10(8-14(13)22-2)12(20)9-23-16-18-11-4-3-7-17-15(11)19-16/h3-8H,9H2,1-2H3,(H,17,18,19). The molecule has 0 spiro atoms. The number of carbonyl (C=O) groups is 1. The van der Waals surface area contributed by atoms with Crippen LogP contribution in [0.3, 0.4) is 0 Å². The smallest absolute Gasteiger partial charge is 0.178 e. The normalized spacial score (nSPS) is 10.7. The lowest BCUT2D eigenvalue weighted by molar-refractivity contribution is 0.102. The molecule has 0 aliphatic carbocycles. The van der Waals surface area contributed by atoms with E-state index in [9.17, 15) is 4.79 Å². The zero-order chi connectivity index (χ0) is 16.2. The Morgan fingerprint density at radius 3 is 2.78 bits per heavy atom. The van der Waals surface area contributed by atoms with Gasteiger partial charge in [-0.2, -0.15) is 0 Å². The number of H-pyrrole nitrogens is 1. The number of Topliss-reactive ketones (excluding diaryl/α,β-unsaturated/α-hetero) is 1. The fourth-order valence-corrected chi connectivity index (χ4v) is 2.89. The summed E-state index contributed by atoms with van der Waals surface area (Å²) in [4.78, 5) is 24.0. The van der Waals surface area contributed by atoms with Gasteiger partial charge in [0.1, 0.15) is 0 Å². The van der Waals surface area contributed by atoms with Gasteiger partial charge in [0.25, 0.3) is 0 Å². The number of carbonyl (C=O) groups excluding carboxylic acids is 1. The van der Waals surface area contributed by atoms with Crippen LogP contribution in [-0.2, 0) is 0 Å². The number of benzene rings is 1. The lowest BCUT2D eigenvalue weighted by Crippen LogP contribution is -2.03. The molecule has 0 saturated carbocycles. The molecule has 0 aliphatic rings. The number of rotatable bonds is 6. The highest BCUT2D eigenvalue weighted by atomic mass is 32.2. The number of ether oxygens (including phenoxy) is 2. The number of ketones is 1. The average molecular weight is 329 g/mol. The molecule has 0 amide bonds. The molecule has 1 aromatic carbocycles. The van der Waals surface area contributed by atoms with Crippen LogP contribution in [0, 0.1) is 0 Å². The molecule has 6 nitrogen and oxygen atoms in total. The Morgan fingerprint density at radius 1 is 1.22 bits per heavy atom. The molecule has 2 heterocycles. The Hall–Kier alpha value is -2.54. The third-order valence-corrected chi connectivity index (χ3v) is 4.15. The number of fused-ring (bicyclic) bond motifs is 1. The first-order valence-electron chi connectivity index (χ1n) is 6.90. The second-order valence-electron chi connectivity index (χ2n) is 4.70. The van der Waals surface area contributed by atoms with Crippen LogP contribution in [0.25, 0.3) is 11.2 Å². The number of thioether (sulfide) groups is 1. The molecule has 0 unspecified atom stereocenters. The first-order valence-corrected chi connectivity index (χ1v) is 7.88. The van der Waals surface area contributed by atoms with Gasteiger partial charge in [-0.15, -0.1) is 0 Å². The van der Waals surface area contributed by atoms with Gasteiger partial charge in [0, 0.05) is 11.8 Å². The van der Waals surface area contributed by atoms with Crippen molar-refractivity contribution < 1.29 is 14.3 Å². The molecule has 0 aliphatic heterocycles. The summed E-state index contributed by atoms with van der Waals surface area (Å²) in [6.45, 7) is 0.